The molecule has 4 rings (SSSR count). The molecule has 0 bridgehead atoms. The van der Waals surface area contributed by atoms with Crippen molar-refractivity contribution in [1.29, 1.82) is 0 Å². The van der Waals surface area contributed by atoms with Gasteiger partial charge < -0.3 is 24.8 Å². The molecule has 2 N–H and O–H groups in total. The molecule has 2 aromatic heterocycles. The van der Waals surface area contributed by atoms with Crippen LogP contribution < -0.4 is 15.0 Å². The lowest BCUT2D eigenvalue weighted by atomic mass is 10.2. The molecular weight excluding hydrogens is 368 g/mol. The summed E-state index contributed by atoms with van der Waals surface area (Å²) in [5.74, 6) is 4.21. The number of nitrogens with zero attached hydrogens (tertiary/aromatic N) is 4. The van der Waals surface area contributed by atoms with Gasteiger partial charge in [-0.1, -0.05) is 5.92 Å². The monoisotopic (exact) mass is 390 g/mol. The summed E-state index contributed by atoms with van der Waals surface area (Å²) in [7, 11) is 0. The first kappa shape index (κ1) is 18.6. The van der Waals surface area contributed by atoms with Crippen molar-refractivity contribution >= 4 is 28.6 Å². The fourth-order valence-corrected chi connectivity index (χ4v) is 3.38. The summed E-state index contributed by atoms with van der Waals surface area (Å²) in [5.41, 5.74) is 2.14. The van der Waals surface area contributed by atoms with Crippen LogP contribution in [0.1, 0.15) is 12.6 Å². The number of hydrogen-bond donors (Lipinski definition) is 2. The molecule has 0 aliphatic carbocycles. The van der Waals surface area contributed by atoms with Crippen molar-refractivity contribution in [3.8, 4) is 18.1 Å². The lowest BCUT2D eigenvalue weighted by Gasteiger charge is -2.35. The van der Waals surface area contributed by atoms with E-state index in [0.717, 1.165) is 28.3 Å². The number of rotatable bonds is 4. The van der Waals surface area contributed by atoms with Crippen LogP contribution in [0.2, 0.25) is 0 Å². The molecule has 1 aliphatic heterocycles. The molecule has 0 spiro atoms. The number of hydrogen-bond acceptors (Lipinski definition) is 5. The summed E-state index contributed by atoms with van der Waals surface area (Å²) < 4.78 is 5.42. The molecule has 3 heterocycles. The maximum atomic E-state index is 12.6. The van der Waals surface area contributed by atoms with Gasteiger partial charge in [-0.15, -0.1) is 6.42 Å². The number of carbonyl (C=O) groups is 1. The van der Waals surface area contributed by atoms with E-state index >= 15 is 0 Å². The van der Waals surface area contributed by atoms with E-state index in [2.05, 4.69) is 31.1 Å². The number of H-pyrrole nitrogens is 1. The van der Waals surface area contributed by atoms with E-state index in [1.807, 2.05) is 37.3 Å². The zero-order valence-corrected chi connectivity index (χ0v) is 16.2. The fraction of sp³-hybridized carbons (Fsp3) is 0.286. The number of ether oxygens (including phenoxy) is 1. The van der Waals surface area contributed by atoms with Crippen LogP contribution in [0.5, 0.6) is 5.75 Å². The molecule has 2 amide bonds. The van der Waals surface area contributed by atoms with Crippen LogP contribution in [0.4, 0.5) is 16.3 Å². The van der Waals surface area contributed by atoms with E-state index in [9.17, 15) is 4.79 Å². The van der Waals surface area contributed by atoms with Gasteiger partial charge in [0.2, 0.25) is 0 Å². The van der Waals surface area contributed by atoms with E-state index in [1.54, 1.807) is 4.90 Å². The number of fused-ring (bicyclic) bond motifs is 1. The van der Waals surface area contributed by atoms with Crippen molar-refractivity contribution in [2.75, 3.05) is 43.0 Å². The third-order valence-corrected chi connectivity index (χ3v) is 4.84. The van der Waals surface area contributed by atoms with E-state index < -0.39 is 0 Å². The van der Waals surface area contributed by atoms with Crippen LogP contribution in [-0.4, -0.2) is 58.7 Å². The number of benzene rings is 1. The Labute approximate surface area is 168 Å². The van der Waals surface area contributed by atoms with E-state index in [4.69, 9.17) is 11.2 Å². The number of amides is 2. The van der Waals surface area contributed by atoms with Gasteiger partial charge in [0.1, 0.15) is 23.5 Å². The normalized spacial score (nSPS) is 13.9. The molecule has 0 unspecified atom stereocenters. The molecule has 0 saturated carbocycles. The highest BCUT2D eigenvalue weighted by Gasteiger charge is 2.23. The third-order valence-electron chi connectivity index (χ3n) is 4.84. The summed E-state index contributed by atoms with van der Waals surface area (Å²) in [6.07, 6.45) is 7.01. The van der Waals surface area contributed by atoms with Crippen molar-refractivity contribution < 1.29 is 9.53 Å². The second kappa shape index (κ2) is 8.10. The Morgan fingerprint density at radius 3 is 2.69 bits per heavy atom. The topological polar surface area (TPSA) is 86.4 Å². The van der Waals surface area contributed by atoms with Gasteiger partial charge in [0, 0.05) is 31.9 Å². The van der Waals surface area contributed by atoms with Crippen LogP contribution >= 0.6 is 0 Å². The number of carbonyl (C=O) groups excluding carboxylic acids is 1. The quantitative estimate of drug-likeness (QED) is 0.669. The Balaban J connectivity index is 1.38. The summed E-state index contributed by atoms with van der Waals surface area (Å²) in [6.45, 7) is 5.10. The first-order valence-electron chi connectivity index (χ1n) is 9.52. The van der Waals surface area contributed by atoms with Crippen molar-refractivity contribution in [3.05, 3.63) is 42.4 Å². The zero-order chi connectivity index (χ0) is 20.2. The Bertz CT molecular complexity index is 1050. The van der Waals surface area contributed by atoms with Gasteiger partial charge >= 0.3 is 6.03 Å². The Hall–Kier alpha value is -3.73. The van der Waals surface area contributed by atoms with Crippen LogP contribution in [-0.2, 0) is 0 Å². The molecule has 1 aliphatic rings. The van der Waals surface area contributed by atoms with Crippen molar-refractivity contribution in [2.24, 2.45) is 0 Å². The molecule has 0 atom stereocenters. The molecule has 1 saturated heterocycles. The predicted octanol–water partition coefficient (Wildman–Crippen LogP) is 2.69. The van der Waals surface area contributed by atoms with E-state index in [-0.39, 0.29) is 6.03 Å². The summed E-state index contributed by atoms with van der Waals surface area (Å²) in [4.78, 5) is 28.3. The first-order valence-corrected chi connectivity index (χ1v) is 9.52. The number of urea groups is 1. The Kier molecular flexibility index (Phi) is 5.20. The predicted molar refractivity (Wildman–Crippen MR) is 112 cm³/mol. The average Bonchev–Trinajstić information content (AvgIpc) is 3.19. The molecular formula is C21H22N6O2. The van der Waals surface area contributed by atoms with Crippen LogP contribution in [0.15, 0.2) is 36.7 Å². The molecule has 8 nitrogen and oxygen atoms in total. The molecule has 148 valence electrons. The smallest absolute Gasteiger partial charge is 0.321 e. The van der Waals surface area contributed by atoms with Crippen molar-refractivity contribution in [1.82, 2.24) is 19.9 Å². The first-order chi connectivity index (χ1) is 14.2. The van der Waals surface area contributed by atoms with Gasteiger partial charge in [0.25, 0.3) is 0 Å². The molecule has 29 heavy (non-hydrogen) atoms. The van der Waals surface area contributed by atoms with Crippen LogP contribution in [0.25, 0.3) is 11.0 Å². The minimum absolute atomic E-state index is 0.113. The summed E-state index contributed by atoms with van der Waals surface area (Å²) in [6, 6.07) is 9.14. The van der Waals surface area contributed by atoms with Gasteiger partial charge in [-0.25, -0.2) is 14.8 Å². The second-order valence-corrected chi connectivity index (χ2v) is 6.65. The maximum Gasteiger partial charge on any atom is 0.321 e. The molecule has 0 radical (unpaired) electrons. The van der Waals surface area contributed by atoms with Gasteiger partial charge in [-0.05, 0) is 37.3 Å². The minimum Gasteiger partial charge on any atom is -0.494 e. The lowest BCUT2D eigenvalue weighted by molar-refractivity contribution is 0.208. The third kappa shape index (κ3) is 3.94. The van der Waals surface area contributed by atoms with Crippen LogP contribution in [0.3, 0.4) is 0 Å². The lowest BCUT2D eigenvalue weighted by Crippen LogP contribution is -2.50. The SMILES string of the molecule is C#Cc1cc2c(N3CCN(C(=O)Nc4ccc(OCC)cc4)CC3)ncnc2[nH]1. The highest BCUT2D eigenvalue weighted by Crippen LogP contribution is 2.25. The van der Waals surface area contributed by atoms with Gasteiger partial charge in [-0.3, -0.25) is 0 Å². The van der Waals surface area contributed by atoms with Gasteiger partial charge in [0.15, 0.2) is 0 Å². The number of anilines is 2. The van der Waals surface area contributed by atoms with E-state index in [1.165, 1.54) is 6.33 Å². The number of nitrogens with one attached hydrogen (secondary N) is 2. The fourth-order valence-electron chi connectivity index (χ4n) is 3.38. The maximum absolute atomic E-state index is 12.6. The van der Waals surface area contributed by atoms with Crippen molar-refractivity contribution in [2.45, 2.75) is 6.92 Å². The highest BCUT2D eigenvalue weighted by atomic mass is 16.5. The Morgan fingerprint density at radius 2 is 2.00 bits per heavy atom. The average molecular weight is 390 g/mol. The summed E-state index contributed by atoms with van der Waals surface area (Å²) >= 11 is 0. The molecule has 1 fully saturated rings. The summed E-state index contributed by atoms with van der Waals surface area (Å²) in [5, 5.41) is 3.83. The zero-order valence-electron chi connectivity index (χ0n) is 16.2. The molecule has 3 aromatic rings. The van der Waals surface area contributed by atoms with Crippen LogP contribution in [0, 0.1) is 12.3 Å². The number of aromatic nitrogens is 3. The molecule has 1 aromatic carbocycles. The number of aromatic amines is 1. The Morgan fingerprint density at radius 1 is 1.24 bits per heavy atom. The standard InChI is InChI=1S/C21H22N6O2/c1-3-15-13-18-19(24-15)22-14-23-20(18)26-9-11-27(12-10-26)21(28)25-16-5-7-17(8-6-16)29-4-2/h1,5-8,13-14H,4,9-12H2,2H3,(H,25,28)(H,22,23,24). The van der Waals surface area contributed by atoms with E-state index in [0.29, 0.717) is 38.5 Å². The van der Waals surface area contributed by atoms with Gasteiger partial charge in [0.05, 0.1) is 17.7 Å². The van der Waals surface area contributed by atoms with Crippen molar-refractivity contribution in [3.63, 3.8) is 0 Å². The second-order valence-electron chi connectivity index (χ2n) is 6.65. The number of terminal acetylenes is 1. The largest absolute Gasteiger partial charge is 0.494 e. The molecule has 8 heteroatoms. The minimum atomic E-state index is -0.113. The van der Waals surface area contributed by atoms with Gasteiger partial charge in [-0.2, -0.15) is 0 Å². The highest BCUT2D eigenvalue weighted by molar-refractivity contribution is 5.90. The number of piperazine rings is 1.